The zero-order valence-electron chi connectivity index (χ0n) is 9.31. The third kappa shape index (κ3) is 2.56. The molecule has 0 aromatic carbocycles. The van der Waals surface area contributed by atoms with E-state index in [9.17, 15) is 4.79 Å². The van der Waals surface area contributed by atoms with Crippen molar-refractivity contribution in [1.29, 1.82) is 0 Å². The molecule has 3 nitrogen and oxygen atoms in total. The van der Waals surface area contributed by atoms with E-state index in [0.717, 1.165) is 29.8 Å². The van der Waals surface area contributed by atoms with E-state index in [1.54, 1.807) is 0 Å². The lowest BCUT2D eigenvalue weighted by Gasteiger charge is -2.15. The van der Waals surface area contributed by atoms with Crippen molar-refractivity contribution < 1.29 is 4.79 Å². The Bertz CT molecular complexity index is 367. The molecule has 5 heteroatoms. The maximum atomic E-state index is 12.1. The normalized spacial score (nSPS) is 19.6. The fourth-order valence-corrected chi connectivity index (χ4v) is 2.88. The Hall–Kier alpha value is -0.580. The van der Waals surface area contributed by atoms with Crippen LogP contribution in [0, 0.1) is 0 Å². The van der Waals surface area contributed by atoms with Crippen LogP contribution in [0.3, 0.4) is 0 Å². The lowest BCUT2D eigenvalue weighted by Crippen LogP contribution is -2.31. The van der Waals surface area contributed by atoms with Gasteiger partial charge in [0.1, 0.15) is 0 Å². The van der Waals surface area contributed by atoms with Crippen LogP contribution in [-0.4, -0.2) is 29.9 Å². The van der Waals surface area contributed by atoms with E-state index in [2.05, 4.69) is 6.92 Å². The van der Waals surface area contributed by atoms with Crippen LogP contribution in [0.1, 0.15) is 28.6 Å². The number of carbonyl (C=O) groups is 1. The van der Waals surface area contributed by atoms with E-state index >= 15 is 0 Å². The summed E-state index contributed by atoms with van der Waals surface area (Å²) < 4.78 is 0. The maximum Gasteiger partial charge on any atom is 0.264 e. The predicted octanol–water partition coefficient (Wildman–Crippen LogP) is 1.91. The van der Waals surface area contributed by atoms with E-state index in [-0.39, 0.29) is 24.4 Å². The standard InChI is InChI=1S/C11H16N2OS.ClH/c1-2-8-4-6-15-10(8)11(14)13-5-3-9(12)7-13;/h4,6,9H,2-3,5,7,12H2,1H3;1H/t9-;/m0./s1. The molecule has 0 saturated carbocycles. The molecule has 90 valence electrons. The van der Waals surface area contributed by atoms with Crippen molar-refractivity contribution in [1.82, 2.24) is 4.90 Å². The number of thiophene rings is 1. The van der Waals surface area contributed by atoms with Gasteiger partial charge in [0, 0.05) is 19.1 Å². The Morgan fingerprint density at radius 3 is 3.00 bits per heavy atom. The minimum atomic E-state index is 0. The smallest absolute Gasteiger partial charge is 0.264 e. The highest BCUT2D eigenvalue weighted by molar-refractivity contribution is 7.12. The molecule has 16 heavy (non-hydrogen) atoms. The van der Waals surface area contributed by atoms with Gasteiger partial charge < -0.3 is 10.6 Å². The molecule has 1 aromatic rings. The van der Waals surface area contributed by atoms with E-state index in [0.29, 0.717) is 6.54 Å². The van der Waals surface area contributed by atoms with Crippen molar-refractivity contribution in [3.8, 4) is 0 Å². The SMILES string of the molecule is CCc1ccsc1C(=O)N1CC[C@H](N)C1.Cl. The van der Waals surface area contributed by atoms with Crippen LogP contribution in [-0.2, 0) is 6.42 Å². The highest BCUT2D eigenvalue weighted by atomic mass is 35.5. The van der Waals surface area contributed by atoms with Crippen molar-refractivity contribution in [3.63, 3.8) is 0 Å². The molecule has 2 N–H and O–H groups in total. The van der Waals surface area contributed by atoms with Crippen LogP contribution >= 0.6 is 23.7 Å². The Kier molecular flexibility index (Phi) is 4.77. The van der Waals surface area contributed by atoms with Gasteiger partial charge in [-0.05, 0) is 29.9 Å². The number of carbonyl (C=O) groups excluding carboxylic acids is 1. The summed E-state index contributed by atoms with van der Waals surface area (Å²) in [5, 5.41) is 1.99. The lowest BCUT2D eigenvalue weighted by molar-refractivity contribution is 0.0794. The van der Waals surface area contributed by atoms with E-state index in [1.807, 2.05) is 16.3 Å². The van der Waals surface area contributed by atoms with Crippen molar-refractivity contribution in [3.05, 3.63) is 21.9 Å². The van der Waals surface area contributed by atoms with Crippen LogP contribution in [0.15, 0.2) is 11.4 Å². The number of aryl methyl sites for hydroxylation is 1. The molecule has 1 aliphatic rings. The third-order valence-electron chi connectivity index (χ3n) is 2.83. The molecule has 2 heterocycles. The summed E-state index contributed by atoms with van der Waals surface area (Å²) in [6.07, 6.45) is 1.85. The predicted molar refractivity (Wildman–Crippen MR) is 69.4 cm³/mol. The second-order valence-electron chi connectivity index (χ2n) is 3.93. The van der Waals surface area contributed by atoms with Gasteiger partial charge in [0.2, 0.25) is 0 Å². The molecule has 1 amide bonds. The minimum absolute atomic E-state index is 0. The molecular formula is C11H17ClN2OS. The molecule has 0 bridgehead atoms. The van der Waals surface area contributed by atoms with Gasteiger partial charge in [-0.2, -0.15) is 0 Å². The van der Waals surface area contributed by atoms with E-state index in [1.165, 1.54) is 11.3 Å². The zero-order chi connectivity index (χ0) is 10.8. The van der Waals surface area contributed by atoms with Gasteiger partial charge in [-0.25, -0.2) is 0 Å². The van der Waals surface area contributed by atoms with Gasteiger partial charge in [0.05, 0.1) is 4.88 Å². The van der Waals surface area contributed by atoms with Gasteiger partial charge in [-0.1, -0.05) is 6.92 Å². The van der Waals surface area contributed by atoms with Crippen LogP contribution in [0.5, 0.6) is 0 Å². The Labute approximate surface area is 106 Å². The molecule has 1 saturated heterocycles. The molecule has 2 rings (SSSR count). The summed E-state index contributed by atoms with van der Waals surface area (Å²) in [4.78, 5) is 14.9. The number of hydrogen-bond acceptors (Lipinski definition) is 3. The second kappa shape index (κ2) is 5.66. The molecule has 1 aromatic heterocycles. The maximum absolute atomic E-state index is 12.1. The molecule has 0 radical (unpaired) electrons. The molecule has 1 aliphatic heterocycles. The first-order chi connectivity index (χ1) is 7.22. The topological polar surface area (TPSA) is 46.3 Å². The minimum Gasteiger partial charge on any atom is -0.336 e. The highest BCUT2D eigenvalue weighted by Crippen LogP contribution is 2.21. The second-order valence-corrected chi connectivity index (χ2v) is 4.84. The zero-order valence-corrected chi connectivity index (χ0v) is 10.9. The van der Waals surface area contributed by atoms with Crippen molar-refractivity contribution >= 4 is 29.7 Å². The fraction of sp³-hybridized carbons (Fsp3) is 0.545. The van der Waals surface area contributed by atoms with Crippen LogP contribution in [0.2, 0.25) is 0 Å². The summed E-state index contributed by atoms with van der Waals surface area (Å²) >= 11 is 1.54. The molecule has 0 spiro atoms. The highest BCUT2D eigenvalue weighted by Gasteiger charge is 2.26. The van der Waals surface area contributed by atoms with Crippen LogP contribution in [0.25, 0.3) is 0 Å². The Balaban J connectivity index is 0.00000128. The fourth-order valence-electron chi connectivity index (χ4n) is 1.92. The average molecular weight is 261 g/mol. The molecular weight excluding hydrogens is 244 g/mol. The quantitative estimate of drug-likeness (QED) is 0.883. The first-order valence-electron chi connectivity index (χ1n) is 5.33. The van der Waals surface area contributed by atoms with Gasteiger partial charge in [0.25, 0.3) is 5.91 Å². The largest absolute Gasteiger partial charge is 0.336 e. The number of nitrogens with two attached hydrogens (primary N) is 1. The Morgan fingerprint density at radius 1 is 1.69 bits per heavy atom. The van der Waals surface area contributed by atoms with E-state index in [4.69, 9.17) is 5.73 Å². The molecule has 1 atom stereocenters. The van der Waals surface area contributed by atoms with Gasteiger partial charge >= 0.3 is 0 Å². The van der Waals surface area contributed by atoms with Crippen molar-refractivity contribution in [2.24, 2.45) is 5.73 Å². The van der Waals surface area contributed by atoms with Gasteiger partial charge in [-0.15, -0.1) is 23.7 Å². The third-order valence-corrected chi connectivity index (χ3v) is 3.78. The number of hydrogen-bond donors (Lipinski definition) is 1. The van der Waals surface area contributed by atoms with Crippen molar-refractivity contribution in [2.45, 2.75) is 25.8 Å². The lowest BCUT2D eigenvalue weighted by atomic mass is 10.2. The number of rotatable bonds is 2. The monoisotopic (exact) mass is 260 g/mol. The molecule has 0 unspecified atom stereocenters. The number of amides is 1. The number of nitrogens with zero attached hydrogens (tertiary/aromatic N) is 1. The first-order valence-corrected chi connectivity index (χ1v) is 6.21. The van der Waals surface area contributed by atoms with Crippen LogP contribution in [0.4, 0.5) is 0 Å². The Morgan fingerprint density at radius 2 is 2.44 bits per heavy atom. The average Bonchev–Trinajstić information content (AvgIpc) is 2.84. The summed E-state index contributed by atoms with van der Waals surface area (Å²) in [5.41, 5.74) is 6.95. The van der Waals surface area contributed by atoms with Crippen LogP contribution < -0.4 is 5.73 Å². The summed E-state index contributed by atoms with van der Waals surface area (Å²) in [6.45, 7) is 3.59. The van der Waals surface area contributed by atoms with E-state index < -0.39 is 0 Å². The van der Waals surface area contributed by atoms with Gasteiger partial charge in [0.15, 0.2) is 0 Å². The number of halogens is 1. The summed E-state index contributed by atoms with van der Waals surface area (Å²) in [7, 11) is 0. The van der Waals surface area contributed by atoms with Crippen molar-refractivity contribution in [2.75, 3.05) is 13.1 Å². The number of likely N-dealkylation sites (tertiary alicyclic amines) is 1. The molecule has 0 aliphatic carbocycles. The summed E-state index contributed by atoms with van der Waals surface area (Å²) in [5.74, 6) is 0.162. The first kappa shape index (κ1) is 13.5. The van der Waals surface area contributed by atoms with Gasteiger partial charge in [-0.3, -0.25) is 4.79 Å². The molecule has 1 fully saturated rings. The summed E-state index contributed by atoms with van der Waals surface area (Å²) in [6, 6.07) is 2.20.